The number of urea groups is 1. The van der Waals surface area contributed by atoms with Gasteiger partial charge in [-0.15, -0.1) is 0 Å². The van der Waals surface area contributed by atoms with E-state index in [0.717, 1.165) is 0 Å². The lowest BCUT2D eigenvalue weighted by atomic mass is 10.2. The highest BCUT2D eigenvalue weighted by atomic mass is 16.5. The van der Waals surface area contributed by atoms with E-state index >= 15 is 0 Å². The van der Waals surface area contributed by atoms with Gasteiger partial charge in [-0.05, 0) is 18.2 Å². The Morgan fingerprint density at radius 2 is 1.59 bits per heavy atom. The average molecular weight is 438 g/mol. The van der Waals surface area contributed by atoms with Crippen LogP contribution in [0.4, 0.5) is 22.2 Å². The standard InChI is InChI=1S/C22H26N6O4/c1-30-17-7-5-4-6-15(17)25-22(29)28-10-8-27(9-11-28)21-24-16-13-19(32-3)18(31-2)12-14(16)20(23)26-21/h4-7,12-13H,8-11H2,1-3H3,(H,25,29)(H2,23,24,26). The Hall–Kier alpha value is -3.95. The van der Waals surface area contributed by atoms with Crippen molar-refractivity contribution in [1.29, 1.82) is 0 Å². The molecule has 10 heteroatoms. The molecule has 0 aliphatic carbocycles. The molecule has 0 radical (unpaired) electrons. The number of nitrogens with two attached hydrogens (primary N) is 1. The summed E-state index contributed by atoms with van der Waals surface area (Å²) in [6, 6.07) is 10.7. The van der Waals surface area contributed by atoms with Gasteiger partial charge in [-0.1, -0.05) is 12.1 Å². The molecule has 168 valence electrons. The molecule has 2 aromatic carbocycles. The molecule has 1 aliphatic rings. The number of hydrogen-bond acceptors (Lipinski definition) is 8. The van der Waals surface area contributed by atoms with Gasteiger partial charge >= 0.3 is 6.03 Å². The number of methoxy groups -OCH3 is 3. The Balaban J connectivity index is 1.47. The lowest BCUT2D eigenvalue weighted by Crippen LogP contribution is -2.50. The van der Waals surface area contributed by atoms with Crippen LogP contribution < -0.4 is 30.2 Å². The second kappa shape index (κ2) is 9.04. The molecule has 0 unspecified atom stereocenters. The lowest BCUT2D eigenvalue weighted by molar-refractivity contribution is 0.208. The highest BCUT2D eigenvalue weighted by Crippen LogP contribution is 2.34. The number of hydrogen-bond donors (Lipinski definition) is 2. The maximum Gasteiger partial charge on any atom is 0.322 e. The summed E-state index contributed by atoms with van der Waals surface area (Å²) in [4.78, 5) is 25.6. The van der Waals surface area contributed by atoms with E-state index in [4.69, 9.17) is 19.9 Å². The first-order valence-electron chi connectivity index (χ1n) is 10.2. The molecule has 4 rings (SSSR count). The Morgan fingerprint density at radius 1 is 0.938 bits per heavy atom. The van der Waals surface area contributed by atoms with E-state index in [1.54, 1.807) is 44.4 Å². The fourth-order valence-electron chi connectivity index (χ4n) is 3.66. The van der Waals surface area contributed by atoms with E-state index in [9.17, 15) is 4.79 Å². The highest BCUT2D eigenvalue weighted by molar-refractivity contribution is 5.92. The number of benzene rings is 2. The van der Waals surface area contributed by atoms with Crippen LogP contribution in [0, 0.1) is 0 Å². The van der Waals surface area contributed by atoms with Crippen LogP contribution in [0.3, 0.4) is 0 Å². The Labute approximate surface area is 185 Å². The second-order valence-corrected chi connectivity index (χ2v) is 7.24. The molecular weight excluding hydrogens is 412 g/mol. The molecule has 3 N–H and O–H groups in total. The summed E-state index contributed by atoms with van der Waals surface area (Å²) in [5.74, 6) is 2.64. The number of para-hydroxylation sites is 2. The number of anilines is 3. The monoisotopic (exact) mass is 438 g/mol. The number of carbonyl (C=O) groups excluding carboxylic acids is 1. The van der Waals surface area contributed by atoms with Gasteiger partial charge in [0.15, 0.2) is 11.5 Å². The molecule has 3 aromatic rings. The molecule has 1 aliphatic heterocycles. The third-order valence-corrected chi connectivity index (χ3v) is 5.42. The van der Waals surface area contributed by atoms with Crippen molar-refractivity contribution in [2.45, 2.75) is 0 Å². The normalized spacial score (nSPS) is 13.7. The third-order valence-electron chi connectivity index (χ3n) is 5.42. The number of rotatable bonds is 5. The largest absolute Gasteiger partial charge is 0.495 e. The molecule has 32 heavy (non-hydrogen) atoms. The van der Waals surface area contributed by atoms with E-state index in [1.165, 1.54) is 0 Å². The van der Waals surface area contributed by atoms with Crippen LogP contribution >= 0.6 is 0 Å². The molecule has 10 nitrogen and oxygen atoms in total. The molecule has 0 spiro atoms. The third kappa shape index (κ3) is 4.11. The van der Waals surface area contributed by atoms with Crippen LogP contribution in [0.15, 0.2) is 36.4 Å². The number of aromatic nitrogens is 2. The molecule has 1 fully saturated rings. The smallest absolute Gasteiger partial charge is 0.322 e. The van der Waals surface area contributed by atoms with Gasteiger partial charge in [-0.25, -0.2) is 9.78 Å². The van der Waals surface area contributed by atoms with Crippen LogP contribution in [0.2, 0.25) is 0 Å². The Kier molecular flexibility index (Phi) is 6.02. The van der Waals surface area contributed by atoms with Gasteiger partial charge in [0.25, 0.3) is 0 Å². The van der Waals surface area contributed by atoms with Gasteiger partial charge in [-0.3, -0.25) is 0 Å². The zero-order valence-electron chi connectivity index (χ0n) is 18.3. The fourth-order valence-corrected chi connectivity index (χ4v) is 3.66. The van der Waals surface area contributed by atoms with Crippen molar-refractivity contribution < 1.29 is 19.0 Å². The van der Waals surface area contributed by atoms with Crippen molar-refractivity contribution in [3.63, 3.8) is 0 Å². The minimum Gasteiger partial charge on any atom is -0.495 e. The maximum absolute atomic E-state index is 12.7. The second-order valence-electron chi connectivity index (χ2n) is 7.24. The molecule has 0 saturated carbocycles. The van der Waals surface area contributed by atoms with Gasteiger partial charge in [0.1, 0.15) is 11.6 Å². The molecule has 1 saturated heterocycles. The first kappa shape index (κ1) is 21.3. The lowest BCUT2D eigenvalue weighted by Gasteiger charge is -2.34. The van der Waals surface area contributed by atoms with E-state index in [0.29, 0.717) is 71.8 Å². The SMILES string of the molecule is COc1ccccc1NC(=O)N1CCN(c2nc(N)c3cc(OC)c(OC)cc3n2)CC1. The predicted octanol–water partition coefficient (Wildman–Crippen LogP) is 2.59. The topological polar surface area (TPSA) is 115 Å². The molecule has 2 amide bonds. The molecule has 0 bridgehead atoms. The summed E-state index contributed by atoms with van der Waals surface area (Å²) in [5.41, 5.74) is 7.51. The Morgan fingerprint density at radius 3 is 2.28 bits per heavy atom. The van der Waals surface area contributed by atoms with Crippen LogP contribution in [0.5, 0.6) is 17.2 Å². The van der Waals surface area contributed by atoms with Crippen LogP contribution in [-0.2, 0) is 0 Å². The first-order valence-corrected chi connectivity index (χ1v) is 10.2. The van der Waals surface area contributed by atoms with Gasteiger partial charge in [0.2, 0.25) is 5.95 Å². The van der Waals surface area contributed by atoms with Crippen molar-refractivity contribution in [2.75, 3.05) is 63.5 Å². The maximum atomic E-state index is 12.7. The van der Waals surface area contributed by atoms with Crippen molar-refractivity contribution in [1.82, 2.24) is 14.9 Å². The van der Waals surface area contributed by atoms with E-state index in [1.807, 2.05) is 23.1 Å². The number of nitrogens with one attached hydrogen (secondary N) is 1. The van der Waals surface area contributed by atoms with Crippen molar-refractivity contribution in [3.8, 4) is 17.2 Å². The minimum absolute atomic E-state index is 0.176. The number of fused-ring (bicyclic) bond motifs is 1. The van der Waals surface area contributed by atoms with Crippen molar-refractivity contribution in [2.24, 2.45) is 0 Å². The van der Waals surface area contributed by atoms with Gasteiger partial charge in [0.05, 0.1) is 32.5 Å². The minimum atomic E-state index is -0.176. The van der Waals surface area contributed by atoms with Crippen LogP contribution in [0.1, 0.15) is 0 Å². The van der Waals surface area contributed by atoms with Gasteiger partial charge < -0.3 is 35.1 Å². The Bertz CT molecular complexity index is 1130. The number of piperazine rings is 1. The van der Waals surface area contributed by atoms with Crippen molar-refractivity contribution >= 4 is 34.4 Å². The summed E-state index contributed by atoms with van der Waals surface area (Å²) in [6.07, 6.45) is 0. The summed E-state index contributed by atoms with van der Waals surface area (Å²) in [7, 11) is 4.72. The summed E-state index contributed by atoms with van der Waals surface area (Å²) in [6.45, 7) is 2.21. The summed E-state index contributed by atoms with van der Waals surface area (Å²) >= 11 is 0. The molecule has 0 atom stereocenters. The molecule has 2 heterocycles. The van der Waals surface area contributed by atoms with Crippen LogP contribution in [0.25, 0.3) is 10.9 Å². The van der Waals surface area contributed by atoms with E-state index in [2.05, 4.69) is 15.3 Å². The average Bonchev–Trinajstić information content (AvgIpc) is 2.83. The molecule has 1 aromatic heterocycles. The first-order chi connectivity index (χ1) is 15.5. The van der Waals surface area contributed by atoms with Gasteiger partial charge in [-0.2, -0.15) is 4.98 Å². The van der Waals surface area contributed by atoms with E-state index < -0.39 is 0 Å². The number of amides is 2. The van der Waals surface area contributed by atoms with Crippen LogP contribution in [-0.4, -0.2) is 68.4 Å². The van der Waals surface area contributed by atoms with Gasteiger partial charge in [0, 0.05) is 37.6 Å². The fraction of sp³-hybridized carbons (Fsp3) is 0.318. The zero-order valence-corrected chi connectivity index (χ0v) is 18.3. The quantitative estimate of drug-likeness (QED) is 0.625. The highest BCUT2D eigenvalue weighted by Gasteiger charge is 2.24. The number of ether oxygens (including phenoxy) is 3. The number of carbonyl (C=O) groups is 1. The number of nitrogens with zero attached hydrogens (tertiary/aromatic N) is 4. The zero-order chi connectivity index (χ0) is 22.7. The summed E-state index contributed by atoms with van der Waals surface area (Å²) in [5, 5.41) is 3.60. The number of nitrogen functional groups attached to an aromatic ring is 1. The van der Waals surface area contributed by atoms with Crippen molar-refractivity contribution in [3.05, 3.63) is 36.4 Å². The summed E-state index contributed by atoms with van der Waals surface area (Å²) < 4.78 is 16.0. The predicted molar refractivity (Wildman–Crippen MR) is 123 cm³/mol. The van der Waals surface area contributed by atoms with E-state index in [-0.39, 0.29) is 6.03 Å². The molecular formula is C22H26N6O4.